The first-order valence-electron chi connectivity index (χ1n) is 3.25. The summed E-state index contributed by atoms with van der Waals surface area (Å²) in [6.07, 6.45) is 2.68. The normalized spacial score (nSPS) is 9.33. The van der Waals surface area contributed by atoms with Gasteiger partial charge in [-0.2, -0.15) is 0 Å². The van der Waals surface area contributed by atoms with Gasteiger partial charge in [0.15, 0.2) is 0 Å². The molecular weight excluding hydrogens is 171 g/mol. The summed E-state index contributed by atoms with van der Waals surface area (Å²) in [6, 6.07) is 9.31. The van der Waals surface area contributed by atoms with Crippen LogP contribution in [-0.2, 0) is 4.79 Å². The third-order valence-electron chi connectivity index (χ3n) is 1.22. The van der Waals surface area contributed by atoms with Crippen molar-refractivity contribution in [2.45, 2.75) is 0 Å². The van der Waals surface area contributed by atoms with E-state index < -0.39 is 5.97 Å². The summed E-state index contributed by atoms with van der Waals surface area (Å²) in [5.41, 5.74) is 0.898. The lowest BCUT2D eigenvalue weighted by Crippen LogP contribution is -1.85. The molecule has 0 spiro atoms. The molecule has 0 heterocycles. The summed E-state index contributed by atoms with van der Waals surface area (Å²) in [6.45, 7) is 0. The van der Waals surface area contributed by atoms with Crippen LogP contribution in [0.2, 0.25) is 0 Å². The maximum atomic E-state index is 10.1. The molecule has 12 heavy (non-hydrogen) atoms. The van der Waals surface area contributed by atoms with E-state index in [1.54, 1.807) is 6.08 Å². The molecule has 2 nitrogen and oxygen atoms in total. The number of carboxylic acid groups (broad SMARTS) is 1. The Morgan fingerprint density at radius 3 is 2.33 bits per heavy atom. The molecule has 0 aromatic heterocycles. The van der Waals surface area contributed by atoms with Gasteiger partial charge in [-0.25, -0.2) is 4.79 Å². The maximum absolute atomic E-state index is 10.1. The van der Waals surface area contributed by atoms with Crippen molar-refractivity contribution in [3.63, 3.8) is 0 Å². The highest BCUT2D eigenvalue weighted by Gasteiger charge is 1.85. The summed E-state index contributed by atoms with van der Waals surface area (Å²) >= 11 is 0. The number of rotatable bonds is 2. The van der Waals surface area contributed by atoms with Gasteiger partial charge >= 0.3 is 5.97 Å². The highest BCUT2D eigenvalue weighted by atomic mass is 31.0. The second-order valence-electron chi connectivity index (χ2n) is 2.08. The Morgan fingerprint density at radius 2 is 1.83 bits per heavy atom. The van der Waals surface area contributed by atoms with Crippen molar-refractivity contribution in [2.24, 2.45) is 0 Å². The largest absolute Gasteiger partial charge is 0.478 e. The van der Waals surface area contributed by atoms with Crippen LogP contribution in [0.3, 0.4) is 0 Å². The average molecular weight is 179 g/mol. The molecule has 0 unspecified atom stereocenters. The molecular formula is C9H8O2P. The highest BCUT2D eigenvalue weighted by Crippen LogP contribution is 1.99. The van der Waals surface area contributed by atoms with Gasteiger partial charge in [-0.1, -0.05) is 30.3 Å². The number of hydrogen-bond acceptors (Lipinski definition) is 1. The van der Waals surface area contributed by atoms with Crippen LogP contribution in [0.1, 0.15) is 5.56 Å². The molecule has 0 aliphatic carbocycles. The fraction of sp³-hybridized carbons (Fsp3) is 0. The number of carboxylic acids is 1. The third-order valence-corrected chi connectivity index (χ3v) is 1.22. The molecule has 0 aliphatic heterocycles. The Labute approximate surface area is 74.5 Å². The van der Waals surface area contributed by atoms with Gasteiger partial charge in [0.05, 0.1) is 0 Å². The standard InChI is InChI=1S/C9H8O2.P/c10-9(11)7-6-8-4-2-1-3-5-8;/h1-7H,(H,10,11);. The Kier molecular flexibility index (Phi) is 4.98. The summed E-state index contributed by atoms with van der Waals surface area (Å²) < 4.78 is 0. The highest BCUT2D eigenvalue weighted by molar-refractivity contribution is 6.92. The molecule has 1 N–H and O–H groups in total. The Bertz CT molecular complexity index is 267. The first-order chi connectivity index (χ1) is 5.29. The van der Waals surface area contributed by atoms with Crippen molar-refractivity contribution in [1.82, 2.24) is 0 Å². The van der Waals surface area contributed by atoms with Gasteiger partial charge in [-0.05, 0) is 11.6 Å². The molecule has 1 aromatic carbocycles. The summed E-state index contributed by atoms with van der Waals surface area (Å²) in [5, 5.41) is 8.29. The molecule has 0 fully saturated rings. The molecule has 0 saturated heterocycles. The van der Waals surface area contributed by atoms with E-state index in [1.807, 2.05) is 30.3 Å². The van der Waals surface area contributed by atoms with Gasteiger partial charge in [0.1, 0.15) is 0 Å². The van der Waals surface area contributed by atoms with Gasteiger partial charge in [0, 0.05) is 16.0 Å². The molecule has 0 saturated carbocycles. The second-order valence-corrected chi connectivity index (χ2v) is 2.08. The minimum Gasteiger partial charge on any atom is -0.478 e. The van der Waals surface area contributed by atoms with E-state index in [1.165, 1.54) is 0 Å². The minimum atomic E-state index is -0.922. The van der Waals surface area contributed by atoms with E-state index in [0.29, 0.717) is 0 Å². The molecule has 0 atom stereocenters. The quantitative estimate of drug-likeness (QED) is 0.559. The monoisotopic (exact) mass is 179 g/mol. The molecule has 0 aliphatic rings. The van der Waals surface area contributed by atoms with Crippen LogP contribution in [0.25, 0.3) is 6.08 Å². The zero-order valence-electron chi connectivity index (χ0n) is 6.34. The fourth-order valence-corrected chi connectivity index (χ4v) is 0.732. The summed E-state index contributed by atoms with van der Waals surface area (Å²) in [4.78, 5) is 10.1. The lowest BCUT2D eigenvalue weighted by Gasteiger charge is -1.87. The van der Waals surface area contributed by atoms with Gasteiger partial charge in [-0.15, -0.1) is 0 Å². The van der Waals surface area contributed by atoms with Crippen LogP contribution in [-0.4, -0.2) is 11.1 Å². The molecule has 61 valence electrons. The second kappa shape index (κ2) is 5.50. The van der Waals surface area contributed by atoms with Crippen molar-refractivity contribution in [3.05, 3.63) is 42.0 Å². The van der Waals surface area contributed by atoms with E-state index in [4.69, 9.17) is 5.11 Å². The predicted molar refractivity (Wildman–Crippen MR) is 50.0 cm³/mol. The van der Waals surface area contributed by atoms with Crippen molar-refractivity contribution in [1.29, 1.82) is 0 Å². The van der Waals surface area contributed by atoms with Crippen LogP contribution < -0.4 is 0 Å². The van der Waals surface area contributed by atoms with Crippen molar-refractivity contribution >= 4 is 21.9 Å². The topological polar surface area (TPSA) is 37.3 Å². The molecule has 1 aromatic rings. The average Bonchev–Trinajstić information content (AvgIpc) is 2.03. The maximum Gasteiger partial charge on any atom is 0.328 e. The Hall–Kier alpha value is -1.14. The van der Waals surface area contributed by atoms with E-state index in [0.717, 1.165) is 11.6 Å². The zero-order chi connectivity index (χ0) is 8.10. The van der Waals surface area contributed by atoms with Gasteiger partial charge in [-0.3, -0.25) is 0 Å². The van der Waals surface area contributed by atoms with Gasteiger partial charge < -0.3 is 5.11 Å². The summed E-state index contributed by atoms with van der Waals surface area (Å²) in [5.74, 6) is -0.922. The molecule has 0 bridgehead atoms. The lowest BCUT2D eigenvalue weighted by molar-refractivity contribution is -0.131. The molecule has 3 heteroatoms. The van der Waals surface area contributed by atoms with E-state index in [-0.39, 0.29) is 9.90 Å². The number of carbonyl (C=O) groups is 1. The number of aliphatic carboxylic acids is 1. The third kappa shape index (κ3) is 3.89. The van der Waals surface area contributed by atoms with Crippen LogP contribution >= 0.6 is 9.90 Å². The Balaban J connectivity index is 0.00000121. The van der Waals surface area contributed by atoms with Crippen LogP contribution in [0.15, 0.2) is 36.4 Å². The first-order valence-corrected chi connectivity index (χ1v) is 3.25. The van der Waals surface area contributed by atoms with Crippen molar-refractivity contribution in [2.75, 3.05) is 0 Å². The predicted octanol–water partition coefficient (Wildman–Crippen LogP) is 2.65. The number of hydrogen-bond donors (Lipinski definition) is 1. The van der Waals surface area contributed by atoms with E-state index in [9.17, 15) is 4.79 Å². The summed E-state index contributed by atoms with van der Waals surface area (Å²) in [7, 11) is 0. The molecule has 3 radical (unpaired) electrons. The van der Waals surface area contributed by atoms with Crippen LogP contribution in [0.5, 0.6) is 0 Å². The van der Waals surface area contributed by atoms with Crippen LogP contribution in [0, 0.1) is 0 Å². The van der Waals surface area contributed by atoms with Gasteiger partial charge in [0.2, 0.25) is 0 Å². The SMILES string of the molecule is O=C(O)C=Cc1ccccc1.[P]. The van der Waals surface area contributed by atoms with Crippen molar-refractivity contribution in [3.8, 4) is 0 Å². The smallest absolute Gasteiger partial charge is 0.328 e. The Morgan fingerprint density at radius 1 is 1.25 bits per heavy atom. The fourth-order valence-electron chi connectivity index (χ4n) is 0.732. The van der Waals surface area contributed by atoms with Crippen LogP contribution in [0.4, 0.5) is 0 Å². The van der Waals surface area contributed by atoms with Crippen molar-refractivity contribution < 1.29 is 9.90 Å². The first kappa shape index (κ1) is 10.9. The minimum absolute atomic E-state index is 0. The van der Waals surface area contributed by atoms with E-state index >= 15 is 0 Å². The molecule has 1 rings (SSSR count). The zero-order valence-corrected chi connectivity index (χ0v) is 7.24. The van der Waals surface area contributed by atoms with Gasteiger partial charge in [0.25, 0.3) is 0 Å². The lowest BCUT2D eigenvalue weighted by atomic mass is 10.2. The molecule has 0 amide bonds. The van der Waals surface area contributed by atoms with E-state index in [2.05, 4.69) is 0 Å². The number of benzene rings is 1.